The molecule has 3 heterocycles. The Morgan fingerprint density at radius 2 is 1.88 bits per heavy atom. The third-order valence-electron chi connectivity index (χ3n) is 4.59. The van der Waals surface area contributed by atoms with Gasteiger partial charge in [0.2, 0.25) is 5.75 Å². The topological polar surface area (TPSA) is 105 Å². The molecule has 4 rings (SSSR count). The average molecular weight is 349 g/mol. The molecule has 0 saturated carbocycles. The van der Waals surface area contributed by atoms with E-state index < -0.39 is 0 Å². The Morgan fingerprint density at radius 1 is 1.15 bits per heavy atom. The molecule has 1 aromatic heterocycles. The number of hydrogen-bond donors (Lipinski definition) is 1. The van der Waals surface area contributed by atoms with E-state index in [9.17, 15) is 5.26 Å². The lowest BCUT2D eigenvalue weighted by Gasteiger charge is -2.18. The molecule has 0 bridgehead atoms. The summed E-state index contributed by atoms with van der Waals surface area (Å²) >= 11 is 0. The number of hydrogen-bond acceptors (Lipinski definition) is 7. The molecule has 0 unspecified atom stereocenters. The zero-order chi connectivity index (χ0) is 18.6. The number of ether oxygens (including phenoxy) is 2. The first-order valence-corrected chi connectivity index (χ1v) is 7.87. The second kappa shape index (κ2) is 5.49. The highest BCUT2D eigenvalue weighted by Crippen LogP contribution is 2.48. The first-order valence-electron chi connectivity index (χ1n) is 7.87. The highest BCUT2D eigenvalue weighted by atomic mass is 16.5. The highest BCUT2D eigenvalue weighted by Gasteiger charge is 2.28. The van der Waals surface area contributed by atoms with Gasteiger partial charge in [0.05, 0.1) is 42.5 Å². The average Bonchev–Trinajstić information content (AvgIpc) is 3.09. The first kappa shape index (κ1) is 16.0. The van der Waals surface area contributed by atoms with Crippen molar-refractivity contribution in [3.05, 3.63) is 34.7 Å². The number of nitrogens with zero attached hydrogens (tertiary/aromatic N) is 2. The molecule has 0 saturated heterocycles. The quantitative estimate of drug-likeness (QED) is 0.554. The van der Waals surface area contributed by atoms with Crippen molar-refractivity contribution in [2.75, 3.05) is 14.2 Å². The Balaban J connectivity index is 2.39. The van der Waals surface area contributed by atoms with Crippen molar-refractivity contribution in [1.29, 1.82) is 10.7 Å². The third kappa shape index (κ3) is 1.87. The van der Waals surface area contributed by atoms with Crippen LogP contribution < -0.4 is 15.0 Å². The first-order chi connectivity index (χ1) is 12.5. The van der Waals surface area contributed by atoms with Crippen LogP contribution in [0.3, 0.4) is 0 Å². The van der Waals surface area contributed by atoms with E-state index in [-0.39, 0.29) is 11.1 Å². The Kier molecular flexibility index (Phi) is 3.37. The van der Waals surface area contributed by atoms with Crippen molar-refractivity contribution in [1.82, 2.24) is 4.98 Å². The minimum Gasteiger partial charge on any atom is -0.495 e. The molecule has 130 valence electrons. The van der Waals surface area contributed by atoms with Gasteiger partial charge in [-0.3, -0.25) is 5.41 Å². The predicted molar refractivity (Wildman–Crippen MR) is 93.6 cm³/mol. The zero-order valence-corrected chi connectivity index (χ0v) is 14.7. The van der Waals surface area contributed by atoms with Crippen LogP contribution in [0.15, 0.2) is 21.2 Å². The summed E-state index contributed by atoms with van der Waals surface area (Å²) in [6, 6.07) is 3.82. The number of aromatic nitrogens is 1. The summed E-state index contributed by atoms with van der Waals surface area (Å²) in [4.78, 5) is 4.39. The number of aryl methyl sites for hydroxylation is 1. The van der Waals surface area contributed by atoms with Gasteiger partial charge < -0.3 is 18.3 Å². The summed E-state index contributed by atoms with van der Waals surface area (Å²) < 4.78 is 22.8. The lowest BCUT2D eigenvalue weighted by atomic mass is 9.95. The van der Waals surface area contributed by atoms with E-state index in [2.05, 4.69) is 4.98 Å². The van der Waals surface area contributed by atoms with Gasteiger partial charge in [-0.15, -0.1) is 0 Å². The van der Waals surface area contributed by atoms with Crippen molar-refractivity contribution in [2.24, 2.45) is 0 Å². The Labute approximate surface area is 148 Å². The largest absolute Gasteiger partial charge is 0.495 e. The van der Waals surface area contributed by atoms with Gasteiger partial charge in [-0.1, -0.05) is 0 Å². The smallest absolute Gasteiger partial charge is 0.206 e. The molecule has 0 amide bonds. The normalized spacial score (nSPS) is 11.2. The van der Waals surface area contributed by atoms with Crippen molar-refractivity contribution in [3.8, 4) is 28.8 Å². The second-order valence-electron chi connectivity index (χ2n) is 5.89. The summed E-state index contributed by atoms with van der Waals surface area (Å²) in [6.07, 6.45) is 1.55. The molecule has 7 heteroatoms. The van der Waals surface area contributed by atoms with Crippen molar-refractivity contribution in [3.63, 3.8) is 0 Å². The van der Waals surface area contributed by atoms with Crippen LogP contribution in [0.2, 0.25) is 0 Å². The molecule has 0 aliphatic carbocycles. The van der Waals surface area contributed by atoms with E-state index in [1.54, 1.807) is 33.3 Å². The lowest BCUT2D eigenvalue weighted by molar-refractivity contribution is 0.399. The molecule has 1 N–H and O–H groups in total. The maximum Gasteiger partial charge on any atom is 0.206 e. The monoisotopic (exact) mass is 349 g/mol. The number of fused-ring (bicyclic) bond motifs is 4. The van der Waals surface area contributed by atoms with Crippen LogP contribution >= 0.6 is 0 Å². The van der Waals surface area contributed by atoms with Gasteiger partial charge in [-0.25, -0.2) is 4.98 Å². The molecular formula is C19H15N3O4. The number of benzene rings is 1. The Hall–Kier alpha value is -3.53. The van der Waals surface area contributed by atoms with Crippen LogP contribution in [0.4, 0.5) is 0 Å². The van der Waals surface area contributed by atoms with E-state index in [4.69, 9.17) is 23.7 Å². The minimum absolute atomic E-state index is 0.0855. The molecule has 0 atom stereocenters. The molecule has 0 radical (unpaired) electrons. The summed E-state index contributed by atoms with van der Waals surface area (Å²) in [5.41, 5.74) is 2.95. The Morgan fingerprint density at radius 3 is 2.54 bits per heavy atom. The standard InChI is InChI=1S/C19H15N3O4/c1-8-11(7-20)19(21)22-14-12(8)9(2)26-17-13(14)15(23-3)10-5-6-25-16(10)18(17)24-4/h5-6,21H,1-4H3. The van der Waals surface area contributed by atoms with Crippen LogP contribution in [-0.4, -0.2) is 19.2 Å². The molecule has 1 aromatic carbocycles. The Bertz CT molecular complexity index is 1260. The second-order valence-corrected chi connectivity index (χ2v) is 5.89. The van der Waals surface area contributed by atoms with Gasteiger partial charge in [0.1, 0.15) is 17.6 Å². The molecule has 2 aliphatic rings. The number of methoxy groups -OCH3 is 2. The van der Waals surface area contributed by atoms with Gasteiger partial charge in [-0.05, 0) is 25.5 Å². The number of pyridine rings is 1. The lowest BCUT2D eigenvalue weighted by Crippen LogP contribution is -2.16. The predicted octanol–water partition coefficient (Wildman–Crippen LogP) is 3.66. The van der Waals surface area contributed by atoms with Crippen LogP contribution in [-0.2, 0) is 0 Å². The number of nitrogens with one attached hydrogen (secondary N) is 1. The summed E-state index contributed by atoms with van der Waals surface area (Å²) in [5.74, 6) is 1.52. The van der Waals surface area contributed by atoms with Gasteiger partial charge in [0.15, 0.2) is 16.7 Å². The van der Waals surface area contributed by atoms with E-state index in [0.717, 1.165) is 0 Å². The van der Waals surface area contributed by atoms with Gasteiger partial charge >= 0.3 is 0 Å². The van der Waals surface area contributed by atoms with Crippen molar-refractivity contribution >= 4 is 21.9 Å². The van der Waals surface area contributed by atoms with Crippen LogP contribution in [0.1, 0.15) is 16.9 Å². The molecule has 0 spiro atoms. The van der Waals surface area contributed by atoms with Gasteiger partial charge in [0.25, 0.3) is 0 Å². The fourth-order valence-corrected chi connectivity index (χ4v) is 3.48. The summed E-state index contributed by atoms with van der Waals surface area (Å²) in [6.45, 7) is 3.58. The minimum atomic E-state index is -0.0855. The van der Waals surface area contributed by atoms with Gasteiger partial charge in [0, 0.05) is 5.56 Å². The highest BCUT2D eigenvalue weighted by molar-refractivity contribution is 6.12. The number of rotatable bonds is 2. The molecule has 7 nitrogen and oxygen atoms in total. The van der Waals surface area contributed by atoms with Crippen LogP contribution in [0.5, 0.6) is 11.5 Å². The molecule has 2 aliphatic heterocycles. The van der Waals surface area contributed by atoms with Crippen molar-refractivity contribution < 1.29 is 18.3 Å². The third-order valence-corrected chi connectivity index (χ3v) is 4.59. The number of nitriles is 1. The number of furan rings is 1. The fraction of sp³-hybridized carbons (Fsp3) is 0.211. The van der Waals surface area contributed by atoms with Crippen LogP contribution in [0, 0.1) is 30.6 Å². The molecule has 0 fully saturated rings. The molecule has 2 aromatic rings. The fourth-order valence-electron chi connectivity index (χ4n) is 3.48. The SMILES string of the molecule is COc1c2occc2c(OC)c2c3nc(=N)c(C#N)c(C)c-3c(C)oc12. The maximum atomic E-state index is 9.36. The maximum absolute atomic E-state index is 9.36. The van der Waals surface area contributed by atoms with E-state index >= 15 is 0 Å². The molecular weight excluding hydrogens is 334 g/mol. The van der Waals surface area contributed by atoms with E-state index in [0.29, 0.717) is 56.0 Å². The van der Waals surface area contributed by atoms with E-state index in [1.807, 2.05) is 6.07 Å². The zero-order valence-electron chi connectivity index (χ0n) is 14.7. The molecule has 26 heavy (non-hydrogen) atoms. The van der Waals surface area contributed by atoms with E-state index in [1.165, 1.54) is 7.11 Å². The summed E-state index contributed by atoms with van der Waals surface area (Å²) in [7, 11) is 3.09. The summed E-state index contributed by atoms with van der Waals surface area (Å²) in [5, 5.41) is 18.8. The van der Waals surface area contributed by atoms with Gasteiger partial charge in [-0.2, -0.15) is 5.26 Å². The van der Waals surface area contributed by atoms with Crippen LogP contribution in [0.25, 0.3) is 33.2 Å². The van der Waals surface area contributed by atoms with Crippen molar-refractivity contribution in [2.45, 2.75) is 13.8 Å².